The molecule has 1 saturated heterocycles. The Morgan fingerprint density at radius 2 is 1.81 bits per heavy atom. The van der Waals surface area contributed by atoms with Crippen molar-refractivity contribution < 1.29 is 27.5 Å². The van der Waals surface area contributed by atoms with Crippen LogP contribution in [0.15, 0.2) is 24.3 Å². The summed E-state index contributed by atoms with van der Waals surface area (Å²) in [6.07, 6.45) is -0.592. The normalized spacial score (nSPS) is 19.5. The SMILES string of the molecule is CC(C)COc1ccc(C(=O)O[C@H](C)C(=O)N(C)[C@H]2CCS(=O)(=O)C2)cc1. The summed E-state index contributed by atoms with van der Waals surface area (Å²) in [5.74, 6) is 0.0588. The minimum Gasteiger partial charge on any atom is -0.493 e. The molecule has 2 atom stereocenters. The summed E-state index contributed by atoms with van der Waals surface area (Å²) in [7, 11) is -1.55. The Labute approximate surface area is 160 Å². The van der Waals surface area contributed by atoms with Crippen molar-refractivity contribution in [1.82, 2.24) is 4.90 Å². The van der Waals surface area contributed by atoms with E-state index in [-0.39, 0.29) is 17.5 Å². The van der Waals surface area contributed by atoms with Gasteiger partial charge >= 0.3 is 5.97 Å². The number of carbonyl (C=O) groups is 2. The van der Waals surface area contributed by atoms with Crippen molar-refractivity contribution in [2.45, 2.75) is 39.3 Å². The highest BCUT2D eigenvalue weighted by Gasteiger charge is 2.35. The van der Waals surface area contributed by atoms with Crippen LogP contribution in [0.4, 0.5) is 0 Å². The zero-order valence-electron chi connectivity index (χ0n) is 16.2. The van der Waals surface area contributed by atoms with E-state index in [2.05, 4.69) is 0 Å². The molecule has 1 aliphatic heterocycles. The number of amides is 1. The van der Waals surface area contributed by atoms with Crippen molar-refractivity contribution in [1.29, 1.82) is 0 Å². The average Bonchev–Trinajstić information content (AvgIpc) is 2.98. The first-order valence-corrected chi connectivity index (χ1v) is 10.8. The van der Waals surface area contributed by atoms with Gasteiger partial charge in [0.05, 0.1) is 23.7 Å². The number of hydrogen-bond donors (Lipinski definition) is 0. The van der Waals surface area contributed by atoms with Gasteiger partial charge in [-0.2, -0.15) is 0 Å². The smallest absolute Gasteiger partial charge is 0.338 e. The lowest BCUT2D eigenvalue weighted by molar-refractivity contribution is -0.140. The maximum Gasteiger partial charge on any atom is 0.338 e. The van der Waals surface area contributed by atoms with E-state index in [1.807, 2.05) is 13.8 Å². The van der Waals surface area contributed by atoms with E-state index in [0.29, 0.717) is 30.3 Å². The number of ether oxygens (including phenoxy) is 2. The second-order valence-electron chi connectivity index (χ2n) is 7.28. The Balaban J connectivity index is 1.91. The van der Waals surface area contributed by atoms with Crippen molar-refractivity contribution in [3.05, 3.63) is 29.8 Å². The number of likely N-dealkylation sites (N-methyl/N-ethyl adjacent to an activating group) is 1. The Hall–Kier alpha value is -2.09. The molecule has 1 fully saturated rings. The van der Waals surface area contributed by atoms with Crippen molar-refractivity contribution in [2.24, 2.45) is 5.92 Å². The molecule has 7 nitrogen and oxygen atoms in total. The van der Waals surface area contributed by atoms with Crippen LogP contribution in [0.3, 0.4) is 0 Å². The molecule has 1 heterocycles. The molecule has 0 spiro atoms. The quantitative estimate of drug-likeness (QED) is 0.653. The van der Waals surface area contributed by atoms with Crippen LogP contribution in [-0.4, -0.2) is 62.5 Å². The van der Waals surface area contributed by atoms with Gasteiger partial charge in [-0.25, -0.2) is 13.2 Å². The van der Waals surface area contributed by atoms with Crippen LogP contribution in [0.25, 0.3) is 0 Å². The van der Waals surface area contributed by atoms with E-state index in [9.17, 15) is 18.0 Å². The van der Waals surface area contributed by atoms with Crippen LogP contribution in [-0.2, 0) is 19.4 Å². The van der Waals surface area contributed by atoms with E-state index >= 15 is 0 Å². The third kappa shape index (κ3) is 5.95. The van der Waals surface area contributed by atoms with Crippen molar-refractivity contribution >= 4 is 21.7 Å². The highest BCUT2D eigenvalue weighted by molar-refractivity contribution is 7.91. The lowest BCUT2D eigenvalue weighted by atomic mass is 10.2. The number of rotatable bonds is 7. The lowest BCUT2D eigenvalue weighted by Crippen LogP contribution is -2.44. The zero-order chi connectivity index (χ0) is 20.2. The Morgan fingerprint density at radius 3 is 2.33 bits per heavy atom. The van der Waals surface area contributed by atoms with Gasteiger partial charge in [-0.3, -0.25) is 4.79 Å². The van der Waals surface area contributed by atoms with Crippen LogP contribution < -0.4 is 4.74 Å². The second kappa shape index (κ2) is 8.73. The molecule has 0 aromatic heterocycles. The molecule has 0 aliphatic carbocycles. The molecule has 1 amide bonds. The molecule has 0 radical (unpaired) electrons. The number of esters is 1. The minimum absolute atomic E-state index is 0.0479. The summed E-state index contributed by atoms with van der Waals surface area (Å²) in [4.78, 5) is 26.1. The molecule has 1 aliphatic rings. The van der Waals surface area contributed by atoms with Crippen LogP contribution in [0.1, 0.15) is 37.6 Å². The fraction of sp³-hybridized carbons (Fsp3) is 0.579. The summed E-state index contributed by atoms with van der Waals surface area (Å²) in [5.41, 5.74) is 0.317. The van der Waals surface area contributed by atoms with Crippen LogP contribution in [0.5, 0.6) is 5.75 Å². The van der Waals surface area contributed by atoms with Crippen LogP contribution in [0.2, 0.25) is 0 Å². The summed E-state index contributed by atoms with van der Waals surface area (Å²) in [6, 6.07) is 6.16. The predicted molar refractivity (Wildman–Crippen MR) is 101 cm³/mol. The molecule has 1 aromatic rings. The monoisotopic (exact) mass is 397 g/mol. The predicted octanol–water partition coefficient (Wildman–Crippen LogP) is 1.91. The zero-order valence-corrected chi connectivity index (χ0v) is 17.0. The van der Waals surface area contributed by atoms with E-state index in [1.54, 1.807) is 31.3 Å². The number of benzene rings is 1. The fourth-order valence-corrected chi connectivity index (χ4v) is 4.55. The molecule has 0 unspecified atom stereocenters. The maximum absolute atomic E-state index is 12.4. The van der Waals surface area contributed by atoms with Gasteiger partial charge in [0.1, 0.15) is 5.75 Å². The first kappa shape index (κ1) is 21.2. The number of nitrogens with zero attached hydrogens (tertiary/aromatic N) is 1. The standard InChI is InChI=1S/C19H27NO6S/c1-13(2)11-25-17-7-5-15(6-8-17)19(22)26-14(3)18(21)20(4)16-9-10-27(23,24)12-16/h5-8,13-14,16H,9-12H2,1-4H3/t14-,16+/m1/s1. The highest BCUT2D eigenvalue weighted by atomic mass is 32.2. The van der Waals surface area contributed by atoms with Gasteiger partial charge in [0.15, 0.2) is 15.9 Å². The average molecular weight is 397 g/mol. The first-order chi connectivity index (χ1) is 12.6. The minimum atomic E-state index is -3.09. The molecule has 0 bridgehead atoms. The number of carbonyl (C=O) groups excluding carboxylic acids is 2. The molecule has 0 N–H and O–H groups in total. The van der Waals surface area contributed by atoms with Crippen LogP contribution in [0, 0.1) is 5.92 Å². The van der Waals surface area contributed by atoms with E-state index < -0.39 is 27.8 Å². The third-order valence-electron chi connectivity index (χ3n) is 4.41. The highest BCUT2D eigenvalue weighted by Crippen LogP contribution is 2.19. The summed E-state index contributed by atoms with van der Waals surface area (Å²) in [5, 5.41) is 0. The van der Waals surface area contributed by atoms with Crippen LogP contribution >= 0.6 is 0 Å². The van der Waals surface area contributed by atoms with E-state index in [4.69, 9.17) is 9.47 Å². The van der Waals surface area contributed by atoms with E-state index in [1.165, 1.54) is 11.8 Å². The molecule has 1 aromatic carbocycles. The van der Waals surface area contributed by atoms with Gasteiger partial charge in [0.25, 0.3) is 5.91 Å². The lowest BCUT2D eigenvalue weighted by Gasteiger charge is -2.26. The summed E-state index contributed by atoms with van der Waals surface area (Å²) in [6.45, 7) is 6.16. The topological polar surface area (TPSA) is 90.0 Å². The Morgan fingerprint density at radius 1 is 1.19 bits per heavy atom. The molecular formula is C19H27NO6S. The molecule has 8 heteroatoms. The van der Waals surface area contributed by atoms with Crippen molar-refractivity contribution in [3.8, 4) is 5.75 Å². The Kier molecular flexibility index (Phi) is 6.86. The molecule has 27 heavy (non-hydrogen) atoms. The number of hydrogen-bond acceptors (Lipinski definition) is 6. The fourth-order valence-electron chi connectivity index (χ4n) is 2.78. The van der Waals surface area contributed by atoms with Gasteiger partial charge in [0, 0.05) is 13.1 Å². The molecular weight excluding hydrogens is 370 g/mol. The third-order valence-corrected chi connectivity index (χ3v) is 6.16. The van der Waals surface area contributed by atoms with Gasteiger partial charge in [-0.15, -0.1) is 0 Å². The van der Waals surface area contributed by atoms with Crippen molar-refractivity contribution in [2.75, 3.05) is 25.2 Å². The summed E-state index contributed by atoms with van der Waals surface area (Å²) < 4.78 is 34.0. The molecule has 2 rings (SSSR count). The maximum atomic E-state index is 12.4. The number of sulfone groups is 1. The largest absolute Gasteiger partial charge is 0.493 e. The summed E-state index contributed by atoms with van der Waals surface area (Å²) >= 11 is 0. The molecule has 150 valence electrons. The van der Waals surface area contributed by atoms with Gasteiger partial charge in [-0.05, 0) is 43.5 Å². The van der Waals surface area contributed by atoms with Gasteiger partial charge in [0.2, 0.25) is 0 Å². The first-order valence-electron chi connectivity index (χ1n) is 9.00. The Bertz CT molecular complexity index is 772. The van der Waals surface area contributed by atoms with Gasteiger partial charge < -0.3 is 14.4 Å². The van der Waals surface area contributed by atoms with Crippen molar-refractivity contribution in [3.63, 3.8) is 0 Å². The second-order valence-corrected chi connectivity index (χ2v) is 9.51. The molecule has 0 saturated carbocycles. The van der Waals surface area contributed by atoms with Gasteiger partial charge in [-0.1, -0.05) is 13.8 Å². The van der Waals surface area contributed by atoms with E-state index in [0.717, 1.165) is 0 Å².